The van der Waals surface area contributed by atoms with Gasteiger partial charge in [-0.25, -0.2) is 17.9 Å². The van der Waals surface area contributed by atoms with Crippen LogP contribution in [0.25, 0.3) is 0 Å². The third-order valence-electron chi connectivity index (χ3n) is 4.15. The number of likely N-dealkylation sites (N-methyl/N-ethyl adjacent to an activating group) is 1. The zero-order valence-electron chi connectivity index (χ0n) is 17.3. The minimum absolute atomic E-state index is 0.00326. The van der Waals surface area contributed by atoms with Crippen LogP contribution in [0.2, 0.25) is 0 Å². The molecule has 0 fully saturated rings. The molecule has 2 rings (SSSR count). The van der Waals surface area contributed by atoms with Gasteiger partial charge < -0.3 is 15.0 Å². The summed E-state index contributed by atoms with van der Waals surface area (Å²) < 4.78 is 31.5. The Kier molecular flexibility index (Phi) is 9.16. The molecule has 31 heavy (non-hydrogen) atoms. The van der Waals surface area contributed by atoms with Gasteiger partial charge in [-0.1, -0.05) is 19.1 Å². The quantitative estimate of drug-likeness (QED) is 0.482. The van der Waals surface area contributed by atoms with E-state index in [0.29, 0.717) is 6.54 Å². The summed E-state index contributed by atoms with van der Waals surface area (Å²) in [6, 6.07) is 9.12. The first-order chi connectivity index (χ1) is 14.8. The second kappa shape index (κ2) is 11.6. The number of sulfonamides is 1. The Morgan fingerprint density at radius 2 is 1.90 bits per heavy atom. The van der Waals surface area contributed by atoms with Gasteiger partial charge in [0, 0.05) is 18.0 Å². The van der Waals surface area contributed by atoms with Crippen LogP contribution in [0.4, 0.5) is 0 Å². The molecule has 0 aliphatic rings. The lowest BCUT2D eigenvalue weighted by molar-refractivity contribution is -0.138. The largest absolute Gasteiger partial charge is 0.452 e. The van der Waals surface area contributed by atoms with Crippen molar-refractivity contribution in [3.05, 3.63) is 52.2 Å². The van der Waals surface area contributed by atoms with E-state index >= 15 is 0 Å². The van der Waals surface area contributed by atoms with Crippen LogP contribution in [-0.4, -0.2) is 57.3 Å². The van der Waals surface area contributed by atoms with Gasteiger partial charge in [-0.05, 0) is 36.6 Å². The second-order valence-electron chi connectivity index (χ2n) is 6.37. The maximum atomic E-state index is 12.4. The summed E-state index contributed by atoms with van der Waals surface area (Å²) in [6.45, 7) is 3.48. The van der Waals surface area contributed by atoms with Crippen LogP contribution in [0.3, 0.4) is 0 Å². The van der Waals surface area contributed by atoms with Crippen molar-refractivity contribution < 1.29 is 27.5 Å². The molecule has 1 aromatic heterocycles. The molecule has 0 saturated heterocycles. The fourth-order valence-electron chi connectivity index (χ4n) is 2.57. The van der Waals surface area contributed by atoms with Crippen molar-refractivity contribution in [2.24, 2.45) is 0 Å². The lowest BCUT2D eigenvalue weighted by Gasteiger charge is -2.20. The van der Waals surface area contributed by atoms with E-state index in [1.54, 1.807) is 13.8 Å². The van der Waals surface area contributed by atoms with Gasteiger partial charge in [-0.2, -0.15) is 0 Å². The number of thiophene rings is 1. The number of carbonyl (C=O) groups is 3. The first-order valence-electron chi connectivity index (χ1n) is 9.60. The number of nitrogens with zero attached hydrogens (tertiary/aromatic N) is 1. The second-order valence-corrected chi connectivity index (χ2v) is 9.17. The number of ether oxygens (including phenoxy) is 1. The highest BCUT2D eigenvalue weighted by atomic mass is 32.2. The Hall–Kier alpha value is -2.76. The highest BCUT2D eigenvalue weighted by molar-refractivity contribution is 7.89. The molecular weight excluding hydrogens is 442 g/mol. The van der Waals surface area contributed by atoms with Gasteiger partial charge in [0.15, 0.2) is 6.61 Å². The molecule has 0 radical (unpaired) electrons. The smallest absolute Gasteiger partial charge is 0.338 e. The Morgan fingerprint density at radius 3 is 2.55 bits per heavy atom. The van der Waals surface area contributed by atoms with Crippen LogP contribution >= 0.6 is 11.3 Å². The SMILES string of the molecule is CCNS(=O)(=O)c1cccc(C(=O)OCC(=O)N(CC)CC(=O)NCc2cccs2)c1. The average Bonchev–Trinajstić information content (AvgIpc) is 3.28. The van der Waals surface area contributed by atoms with E-state index in [1.165, 1.54) is 40.5 Å². The lowest BCUT2D eigenvalue weighted by atomic mass is 10.2. The molecule has 0 atom stereocenters. The zero-order valence-corrected chi connectivity index (χ0v) is 18.9. The van der Waals surface area contributed by atoms with E-state index in [0.717, 1.165) is 4.88 Å². The minimum atomic E-state index is -3.73. The summed E-state index contributed by atoms with van der Waals surface area (Å²) in [5.74, 6) is -1.69. The predicted molar refractivity (Wildman–Crippen MR) is 116 cm³/mol. The van der Waals surface area contributed by atoms with Crippen LogP contribution in [-0.2, 0) is 30.9 Å². The van der Waals surface area contributed by atoms with Crippen molar-refractivity contribution >= 4 is 39.1 Å². The van der Waals surface area contributed by atoms with Crippen molar-refractivity contribution in [1.29, 1.82) is 0 Å². The third kappa shape index (κ3) is 7.46. The third-order valence-corrected chi connectivity index (χ3v) is 6.57. The number of nitrogens with one attached hydrogen (secondary N) is 2. The van der Waals surface area contributed by atoms with Gasteiger partial charge >= 0.3 is 5.97 Å². The van der Waals surface area contributed by atoms with Gasteiger partial charge in [0.05, 0.1) is 23.5 Å². The van der Waals surface area contributed by atoms with E-state index in [-0.39, 0.29) is 36.0 Å². The summed E-state index contributed by atoms with van der Waals surface area (Å²) >= 11 is 1.52. The molecule has 0 aliphatic heterocycles. The van der Waals surface area contributed by atoms with Gasteiger partial charge in [0.1, 0.15) is 0 Å². The first kappa shape index (κ1) is 24.5. The molecule has 9 nitrogen and oxygen atoms in total. The Bertz CT molecular complexity index is 1010. The summed E-state index contributed by atoms with van der Waals surface area (Å²) in [5.41, 5.74) is 0.00326. The van der Waals surface area contributed by atoms with Crippen molar-refractivity contribution in [2.75, 3.05) is 26.2 Å². The van der Waals surface area contributed by atoms with Crippen LogP contribution in [0.1, 0.15) is 29.1 Å². The summed E-state index contributed by atoms with van der Waals surface area (Å²) in [7, 11) is -3.73. The van der Waals surface area contributed by atoms with E-state index < -0.39 is 28.5 Å². The number of rotatable bonds is 11. The molecule has 2 N–H and O–H groups in total. The van der Waals surface area contributed by atoms with E-state index in [9.17, 15) is 22.8 Å². The van der Waals surface area contributed by atoms with Gasteiger partial charge in [0.25, 0.3) is 5.91 Å². The minimum Gasteiger partial charge on any atom is -0.452 e. The molecular formula is C20H25N3O6S2. The van der Waals surface area contributed by atoms with Crippen LogP contribution in [0, 0.1) is 0 Å². The molecule has 2 aromatic rings. The van der Waals surface area contributed by atoms with Crippen molar-refractivity contribution in [1.82, 2.24) is 14.9 Å². The molecule has 0 saturated carbocycles. The Balaban J connectivity index is 1.89. The number of amides is 2. The molecule has 0 aliphatic carbocycles. The van der Waals surface area contributed by atoms with Crippen molar-refractivity contribution in [3.63, 3.8) is 0 Å². The summed E-state index contributed by atoms with van der Waals surface area (Å²) in [6.07, 6.45) is 0. The fraction of sp³-hybridized carbons (Fsp3) is 0.350. The number of hydrogen-bond donors (Lipinski definition) is 2. The fourth-order valence-corrected chi connectivity index (χ4v) is 4.30. The highest BCUT2D eigenvalue weighted by Crippen LogP contribution is 2.12. The van der Waals surface area contributed by atoms with Crippen molar-refractivity contribution in [2.45, 2.75) is 25.3 Å². The molecule has 2 amide bonds. The molecule has 1 heterocycles. The molecule has 11 heteroatoms. The van der Waals surface area contributed by atoms with E-state index in [1.807, 2.05) is 17.5 Å². The maximum absolute atomic E-state index is 12.4. The number of carbonyl (C=O) groups excluding carboxylic acids is 3. The molecule has 1 aromatic carbocycles. The zero-order chi connectivity index (χ0) is 22.9. The van der Waals surface area contributed by atoms with Crippen LogP contribution in [0.5, 0.6) is 0 Å². The normalized spacial score (nSPS) is 11.0. The topological polar surface area (TPSA) is 122 Å². The summed E-state index contributed by atoms with van der Waals surface area (Å²) in [5, 5.41) is 4.64. The van der Waals surface area contributed by atoms with E-state index in [4.69, 9.17) is 4.74 Å². The molecule has 0 bridgehead atoms. The maximum Gasteiger partial charge on any atom is 0.338 e. The highest BCUT2D eigenvalue weighted by Gasteiger charge is 2.19. The van der Waals surface area contributed by atoms with Gasteiger partial charge in [-0.15, -0.1) is 11.3 Å². The summed E-state index contributed by atoms with van der Waals surface area (Å²) in [4.78, 5) is 38.9. The monoisotopic (exact) mass is 467 g/mol. The van der Waals surface area contributed by atoms with Gasteiger partial charge in [-0.3, -0.25) is 9.59 Å². The Morgan fingerprint density at radius 1 is 1.13 bits per heavy atom. The molecule has 0 spiro atoms. The van der Waals surface area contributed by atoms with Crippen LogP contribution < -0.4 is 10.0 Å². The first-order valence-corrected chi connectivity index (χ1v) is 12.0. The predicted octanol–water partition coefficient (Wildman–Crippen LogP) is 1.37. The van der Waals surface area contributed by atoms with Gasteiger partial charge in [0.2, 0.25) is 15.9 Å². The van der Waals surface area contributed by atoms with Crippen LogP contribution in [0.15, 0.2) is 46.7 Å². The number of esters is 1. The molecule has 168 valence electrons. The Labute approximate surface area is 185 Å². The van der Waals surface area contributed by atoms with Crippen molar-refractivity contribution in [3.8, 4) is 0 Å². The standard InChI is InChI=1S/C20H25N3O6S2/c1-3-22-31(27,28)17-9-5-7-15(11-17)20(26)29-14-19(25)23(4-2)13-18(24)21-12-16-8-6-10-30-16/h5-11,22H,3-4,12-14H2,1-2H3,(H,21,24). The lowest BCUT2D eigenvalue weighted by Crippen LogP contribution is -2.42. The average molecular weight is 468 g/mol. The molecule has 0 unspecified atom stereocenters. The number of hydrogen-bond acceptors (Lipinski definition) is 7. The van der Waals surface area contributed by atoms with E-state index in [2.05, 4.69) is 10.0 Å². The number of benzene rings is 1.